The molecule has 10 nitrogen and oxygen atoms in total. The Bertz CT molecular complexity index is 1480. The van der Waals surface area contributed by atoms with Crippen LogP contribution in [-0.4, -0.2) is 76.2 Å². The molecule has 11 heteroatoms. The lowest BCUT2D eigenvalue weighted by molar-refractivity contribution is -0.246. The Morgan fingerprint density at radius 2 is 1.77 bits per heavy atom. The van der Waals surface area contributed by atoms with Gasteiger partial charge in [-0.15, -0.1) is 0 Å². The van der Waals surface area contributed by atoms with Crippen molar-refractivity contribution in [2.24, 2.45) is 22.7 Å². The number of carbonyl (C=O) groups excluding carboxylic acids is 3. The highest BCUT2D eigenvalue weighted by Crippen LogP contribution is 2.72. The molecule has 0 unspecified atom stereocenters. The van der Waals surface area contributed by atoms with Crippen LogP contribution in [0.4, 0.5) is 4.39 Å². The van der Waals surface area contributed by atoms with Crippen LogP contribution >= 0.6 is 0 Å². The van der Waals surface area contributed by atoms with Gasteiger partial charge in [-0.05, 0) is 88.8 Å². The molecule has 1 aromatic carbocycles. The number of benzene rings is 1. The maximum absolute atomic E-state index is 17.5. The Morgan fingerprint density at radius 3 is 2.45 bits per heavy atom. The van der Waals surface area contributed by atoms with Crippen molar-refractivity contribution in [2.75, 3.05) is 13.2 Å². The van der Waals surface area contributed by atoms with Gasteiger partial charge in [0.05, 0.1) is 17.8 Å². The van der Waals surface area contributed by atoms with Gasteiger partial charge in [0.1, 0.15) is 5.75 Å². The summed E-state index contributed by atoms with van der Waals surface area (Å²) < 4.78 is 40.9. The maximum atomic E-state index is 17.5. The van der Waals surface area contributed by atoms with E-state index in [9.17, 15) is 24.3 Å². The van der Waals surface area contributed by atoms with Gasteiger partial charge in [0.2, 0.25) is 5.78 Å². The Morgan fingerprint density at radius 1 is 1.07 bits per heavy atom. The predicted molar refractivity (Wildman–Crippen MR) is 151 cm³/mol. The number of alkyl halides is 1. The van der Waals surface area contributed by atoms with Crippen LogP contribution in [0.2, 0.25) is 0 Å². The van der Waals surface area contributed by atoms with Gasteiger partial charge < -0.3 is 29.2 Å². The normalized spacial score (nSPS) is 39.8. The standard InChI is InChI=1S/C33H37FO10/c1-29(2)43-26-14-23-22-10-7-19-13-20(35)11-12-30(19,3)32(22,34)24(36)15-31(23,4)33(26,44-29)25(37)16-42-27(38)17-41-21-8-5-18(6-9-21)28(39)40/h5-6,8-9,11-13,22-24,26,36H,7,10,14-17H2,1-4H3,(H,39,40)/t22-,23-,24-,26+,30-,31-,32-,33+/m0/s1. The van der Waals surface area contributed by atoms with Crippen molar-refractivity contribution in [3.8, 4) is 5.75 Å². The maximum Gasteiger partial charge on any atom is 0.344 e. The first kappa shape index (κ1) is 30.6. The number of halogens is 1. The SMILES string of the molecule is CC1(C)O[C@@H]2C[C@H]3[C@@H]4CCC5=CC(=O)C=C[C@]5(C)[C@@]4(F)[C@@H](O)C[C@]3(C)[C@]2(C(=O)COC(=O)COc2ccc(C(=O)O)cc2)O1. The molecule has 2 N–H and O–H groups in total. The van der Waals surface area contributed by atoms with Crippen LogP contribution in [0.5, 0.6) is 5.75 Å². The zero-order valence-corrected chi connectivity index (χ0v) is 25.1. The van der Waals surface area contributed by atoms with Gasteiger partial charge in [0.15, 0.2) is 36.1 Å². The van der Waals surface area contributed by atoms with Crippen LogP contribution in [0.1, 0.15) is 63.7 Å². The fraction of sp³-hybridized carbons (Fsp3) is 0.576. The number of ketones is 2. The minimum atomic E-state index is -2.08. The third-order valence-corrected chi connectivity index (χ3v) is 10.9. The van der Waals surface area contributed by atoms with E-state index in [-0.39, 0.29) is 23.5 Å². The zero-order chi connectivity index (χ0) is 31.9. The monoisotopic (exact) mass is 612 g/mol. The number of hydrogen-bond acceptors (Lipinski definition) is 9. The molecule has 0 aromatic heterocycles. The van der Waals surface area contributed by atoms with Gasteiger partial charge in [-0.25, -0.2) is 14.0 Å². The van der Waals surface area contributed by atoms with Crippen molar-refractivity contribution in [1.29, 1.82) is 0 Å². The van der Waals surface area contributed by atoms with Crippen molar-refractivity contribution in [2.45, 2.75) is 82.6 Å². The zero-order valence-electron chi connectivity index (χ0n) is 25.1. The summed E-state index contributed by atoms with van der Waals surface area (Å²) in [6.45, 7) is 5.78. The van der Waals surface area contributed by atoms with E-state index >= 15 is 4.39 Å². The molecule has 0 amide bonds. The molecule has 1 heterocycles. The molecule has 236 valence electrons. The lowest BCUT2D eigenvalue weighted by atomic mass is 9.44. The van der Waals surface area contributed by atoms with E-state index in [1.165, 1.54) is 36.4 Å². The Hall–Kier alpha value is -3.41. The fourth-order valence-corrected chi connectivity index (χ4v) is 8.94. The van der Waals surface area contributed by atoms with Crippen LogP contribution < -0.4 is 4.74 Å². The Kier molecular flexibility index (Phi) is 6.99. The lowest BCUT2D eigenvalue weighted by Gasteiger charge is -2.62. The number of hydrogen-bond donors (Lipinski definition) is 2. The number of aromatic carboxylic acids is 1. The molecule has 5 aliphatic rings. The van der Waals surface area contributed by atoms with Crippen molar-refractivity contribution < 1.29 is 52.7 Å². The van der Waals surface area contributed by atoms with Crippen LogP contribution in [0.15, 0.2) is 48.1 Å². The lowest BCUT2D eigenvalue weighted by Crippen LogP contribution is -2.70. The molecule has 8 atom stereocenters. The number of aliphatic hydroxyl groups is 1. The summed E-state index contributed by atoms with van der Waals surface area (Å²) >= 11 is 0. The molecule has 0 spiro atoms. The van der Waals surface area contributed by atoms with Gasteiger partial charge in [-0.1, -0.05) is 18.6 Å². The average Bonchev–Trinajstić information content (AvgIpc) is 3.37. The van der Waals surface area contributed by atoms with Crippen molar-refractivity contribution in [1.82, 2.24) is 0 Å². The number of allylic oxidation sites excluding steroid dienone is 4. The molecule has 3 saturated carbocycles. The highest BCUT2D eigenvalue weighted by Gasteiger charge is 2.80. The Labute approximate surface area is 254 Å². The number of ether oxygens (including phenoxy) is 4. The summed E-state index contributed by atoms with van der Waals surface area (Å²) in [5, 5.41) is 20.7. The molecule has 0 radical (unpaired) electrons. The van der Waals surface area contributed by atoms with Crippen LogP contribution in [0.3, 0.4) is 0 Å². The smallest absolute Gasteiger partial charge is 0.344 e. The minimum absolute atomic E-state index is 0.0618. The van der Waals surface area contributed by atoms with Crippen molar-refractivity contribution in [3.63, 3.8) is 0 Å². The van der Waals surface area contributed by atoms with Crippen LogP contribution in [0, 0.1) is 22.7 Å². The summed E-state index contributed by atoms with van der Waals surface area (Å²) in [6.07, 6.45) is 3.27. The quantitative estimate of drug-likeness (QED) is 0.437. The molecule has 4 aliphatic carbocycles. The van der Waals surface area contributed by atoms with Crippen LogP contribution in [-0.2, 0) is 28.6 Å². The molecular formula is C33H37FO10. The van der Waals surface area contributed by atoms with E-state index in [1.54, 1.807) is 26.8 Å². The van der Waals surface area contributed by atoms with E-state index in [2.05, 4.69) is 0 Å². The predicted octanol–water partition coefficient (Wildman–Crippen LogP) is 3.75. The number of carboxylic acid groups (broad SMARTS) is 1. The van der Waals surface area contributed by atoms with Gasteiger partial charge in [0, 0.05) is 16.7 Å². The molecule has 0 bridgehead atoms. The number of esters is 1. The minimum Gasteiger partial charge on any atom is -0.482 e. The Balaban J connectivity index is 1.23. The molecule has 1 aliphatic heterocycles. The molecule has 44 heavy (non-hydrogen) atoms. The summed E-state index contributed by atoms with van der Waals surface area (Å²) in [5.74, 6) is -4.62. The fourth-order valence-electron chi connectivity index (χ4n) is 8.94. The molecular weight excluding hydrogens is 575 g/mol. The second-order valence-corrected chi connectivity index (χ2v) is 13.5. The van der Waals surface area contributed by atoms with E-state index in [0.29, 0.717) is 24.8 Å². The van der Waals surface area contributed by atoms with Gasteiger partial charge >= 0.3 is 11.9 Å². The van der Waals surface area contributed by atoms with Crippen molar-refractivity contribution in [3.05, 3.63) is 53.6 Å². The summed E-state index contributed by atoms with van der Waals surface area (Å²) in [5.41, 5.74) is -5.19. The molecule has 1 saturated heterocycles. The van der Waals surface area contributed by atoms with Gasteiger partial charge in [-0.3, -0.25) is 9.59 Å². The average molecular weight is 613 g/mol. The largest absolute Gasteiger partial charge is 0.482 e. The number of aliphatic hydroxyl groups excluding tert-OH is 1. The highest BCUT2D eigenvalue weighted by molar-refractivity contribution is 6.01. The first-order valence-corrected chi connectivity index (χ1v) is 14.9. The molecule has 6 rings (SSSR count). The topological polar surface area (TPSA) is 146 Å². The summed E-state index contributed by atoms with van der Waals surface area (Å²) in [4.78, 5) is 49.9. The van der Waals surface area contributed by atoms with Gasteiger partial charge in [0.25, 0.3) is 0 Å². The van der Waals surface area contributed by atoms with Crippen LogP contribution in [0.25, 0.3) is 0 Å². The summed E-state index contributed by atoms with van der Waals surface area (Å²) in [6, 6.07) is 5.48. The van der Waals surface area contributed by atoms with E-state index < -0.39 is 82.9 Å². The van der Waals surface area contributed by atoms with Crippen molar-refractivity contribution >= 4 is 23.5 Å². The van der Waals surface area contributed by atoms with Gasteiger partial charge in [-0.2, -0.15) is 0 Å². The number of Topliss-reactive ketones (excluding diaryl/α,β-unsaturated/α-hetero) is 1. The first-order valence-electron chi connectivity index (χ1n) is 14.9. The number of carboxylic acids is 1. The molecule has 4 fully saturated rings. The third kappa shape index (κ3) is 4.23. The molecule has 1 aromatic rings. The third-order valence-electron chi connectivity index (χ3n) is 10.9. The first-order chi connectivity index (χ1) is 20.6. The number of rotatable bonds is 7. The second kappa shape index (κ2) is 10.1. The highest BCUT2D eigenvalue weighted by atomic mass is 19.1. The van der Waals surface area contributed by atoms with E-state index in [0.717, 1.165) is 0 Å². The second-order valence-electron chi connectivity index (χ2n) is 13.5. The number of fused-ring (bicyclic) bond motifs is 7. The van der Waals surface area contributed by atoms with E-state index in [4.69, 9.17) is 24.1 Å². The van der Waals surface area contributed by atoms with E-state index in [1.807, 2.05) is 6.92 Å². The number of carbonyl (C=O) groups is 4. The summed E-state index contributed by atoms with van der Waals surface area (Å²) in [7, 11) is 0.